The second-order valence-corrected chi connectivity index (χ2v) is 4.93. The van der Waals surface area contributed by atoms with Gasteiger partial charge in [0.1, 0.15) is 0 Å². The summed E-state index contributed by atoms with van der Waals surface area (Å²) in [7, 11) is 0. The van der Waals surface area contributed by atoms with Crippen LogP contribution >= 0.6 is 11.6 Å². The van der Waals surface area contributed by atoms with Crippen molar-refractivity contribution in [2.24, 2.45) is 0 Å². The minimum Gasteiger partial charge on any atom is -0.355 e. The number of nitrogens with one attached hydrogen (secondary N) is 2. The molecule has 1 amide bonds. The van der Waals surface area contributed by atoms with Crippen molar-refractivity contribution in [1.82, 2.24) is 20.4 Å². The van der Waals surface area contributed by atoms with Crippen LogP contribution in [-0.4, -0.2) is 28.3 Å². The monoisotopic (exact) mass is 286 g/mol. The fourth-order valence-corrected chi connectivity index (χ4v) is 1.98. The molecule has 6 heteroatoms. The minimum absolute atomic E-state index is 0.0114. The first-order valence-corrected chi connectivity index (χ1v) is 7.11. The standard InChI is InChI=1S/C13H23ClN4O/c1-5-7-15-13(19)10(4)16-8-11-12(14)9(3)17-18(11)6-2/h10,16H,5-8H2,1-4H3,(H,15,19). The van der Waals surface area contributed by atoms with Crippen LogP contribution in [0.25, 0.3) is 0 Å². The number of nitrogens with zero attached hydrogens (tertiary/aromatic N) is 2. The number of aryl methyl sites for hydroxylation is 2. The van der Waals surface area contributed by atoms with E-state index in [1.54, 1.807) is 0 Å². The Labute approximate surface area is 119 Å². The lowest BCUT2D eigenvalue weighted by molar-refractivity contribution is -0.122. The van der Waals surface area contributed by atoms with E-state index in [0.29, 0.717) is 18.1 Å². The summed E-state index contributed by atoms with van der Waals surface area (Å²) in [5.74, 6) is 0.0114. The van der Waals surface area contributed by atoms with Crippen LogP contribution in [0, 0.1) is 6.92 Å². The Morgan fingerprint density at radius 3 is 2.74 bits per heavy atom. The molecule has 19 heavy (non-hydrogen) atoms. The Morgan fingerprint density at radius 1 is 1.47 bits per heavy atom. The molecule has 1 aromatic rings. The molecule has 1 heterocycles. The first-order valence-electron chi connectivity index (χ1n) is 6.74. The molecule has 5 nitrogen and oxygen atoms in total. The van der Waals surface area contributed by atoms with E-state index in [-0.39, 0.29) is 11.9 Å². The summed E-state index contributed by atoms with van der Waals surface area (Å²) in [6.07, 6.45) is 0.937. The lowest BCUT2D eigenvalue weighted by Gasteiger charge is -2.14. The van der Waals surface area contributed by atoms with E-state index in [0.717, 1.165) is 24.4 Å². The summed E-state index contributed by atoms with van der Waals surface area (Å²) in [6.45, 7) is 9.78. The summed E-state index contributed by atoms with van der Waals surface area (Å²) in [6, 6.07) is -0.247. The van der Waals surface area contributed by atoms with E-state index in [9.17, 15) is 4.79 Å². The largest absolute Gasteiger partial charge is 0.355 e. The Kier molecular flexibility index (Phi) is 6.31. The molecule has 0 saturated carbocycles. The van der Waals surface area contributed by atoms with Crippen molar-refractivity contribution in [1.29, 1.82) is 0 Å². The quantitative estimate of drug-likeness (QED) is 0.804. The molecule has 0 aliphatic heterocycles. The Hall–Kier alpha value is -1.07. The lowest BCUT2D eigenvalue weighted by atomic mass is 10.3. The highest BCUT2D eigenvalue weighted by molar-refractivity contribution is 6.31. The number of amides is 1. The molecule has 0 spiro atoms. The van der Waals surface area contributed by atoms with Crippen molar-refractivity contribution in [2.45, 2.75) is 53.2 Å². The molecule has 1 atom stereocenters. The average Bonchev–Trinajstić information content (AvgIpc) is 2.68. The van der Waals surface area contributed by atoms with Gasteiger partial charge >= 0.3 is 0 Å². The molecule has 0 radical (unpaired) electrons. The maximum absolute atomic E-state index is 11.7. The smallest absolute Gasteiger partial charge is 0.236 e. The molecule has 0 fully saturated rings. The van der Waals surface area contributed by atoms with Crippen LogP contribution in [0.2, 0.25) is 5.02 Å². The molecular formula is C13H23ClN4O. The number of aromatic nitrogens is 2. The number of hydrogen-bond acceptors (Lipinski definition) is 3. The number of carbonyl (C=O) groups is 1. The highest BCUT2D eigenvalue weighted by atomic mass is 35.5. The van der Waals surface area contributed by atoms with Gasteiger partial charge in [0.05, 0.1) is 22.5 Å². The fraction of sp³-hybridized carbons (Fsp3) is 0.692. The first-order chi connectivity index (χ1) is 9.01. The Bertz CT molecular complexity index is 431. The van der Waals surface area contributed by atoms with Gasteiger partial charge in [-0.1, -0.05) is 18.5 Å². The molecule has 0 bridgehead atoms. The van der Waals surface area contributed by atoms with Crippen LogP contribution in [0.5, 0.6) is 0 Å². The third kappa shape index (κ3) is 4.21. The average molecular weight is 287 g/mol. The van der Waals surface area contributed by atoms with Crippen LogP contribution in [0.15, 0.2) is 0 Å². The normalized spacial score (nSPS) is 12.5. The fourth-order valence-electron chi connectivity index (χ4n) is 1.78. The topological polar surface area (TPSA) is 59.0 Å². The van der Waals surface area contributed by atoms with Crippen LogP contribution in [0.3, 0.4) is 0 Å². The molecule has 108 valence electrons. The highest BCUT2D eigenvalue weighted by Gasteiger charge is 2.16. The van der Waals surface area contributed by atoms with E-state index in [1.165, 1.54) is 0 Å². The van der Waals surface area contributed by atoms with E-state index >= 15 is 0 Å². The van der Waals surface area contributed by atoms with Gasteiger partial charge in [-0.15, -0.1) is 0 Å². The lowest BCUT2D eigenvalue weighted by Crippen LogP contribution is -2.42. The van der Waals surface area contributed by atoms with Crippen molar-refractivity contribution in [3.05, 3.63) is 16.4 Å². The second-order valence-electron chi connectivity index (χ2n) is 4.56. The van der Waals surface area contributed by atoms with Gasteiger partial charge in [-0.25, -0.2) is 0 Å². The molecule has 1 aromatic heterocycles. The van der Waals surface area contributed by atoms with Crippen molar-refractivity contribution in [3.8, 4) is 0 Å². The summed E-state index contributed by atoms with van der Waals surface area (Å²) in [5.41, 5.74) is 1.75. The zero-order valence-corrected chi connectivity index (χ0v) is 12.8. The van der Waals surface area contributed by atoms with Gasteiger partial charge in [0.2, 0.25) is 5.91 Å². The first kappa shape index (κ1) is 16.0. The molecular weight excluding hydrogens is 264 g/mol. The minimum atomic E-state index is -0.247. The molecule has 0 aliphatic carbocycles. The van der Waals surface area contributed by atoms with Crippen LogP contribution in [0.1, 0.15) is 38.6 Å². The summed E-state index contributed by atoms with van der Waals surface area (Å²) in [5, 5.41) is 11.1. The molecule has 0 aliphatic rings. The van der Waals surface area contributed by atoms with E-state index in [4.69, 9.17) is 11.6 Å². The van der Waals surface area contributed by atoms with Gasteiger partial charge < -0.3 is 10.6 Å². The molecule has 0 saturated heterocycles. The SMILES string of the molecule is CCCNC(=O)C(C)NCc1c(Cl)c(C)nn1CC. The Balaban J connectivity index is 2.59. The van der Waals surface area contributed by atoms with Crippen LogP contribution in [-0.2, 0) is 17.9 Å². The number of rotatable bonds is 7. The maximum atomic E-state index is 11.7. The molecule has 2 N–H and O–H groups in total. The summed E-state index contributed by atoms with van der Waals surface area (Å²) in [4.78, 5) is 11.7. The number of hydrogen-bond donors (Lipinski definition) is 2. The van der Waals surface area contributed by atoms with Gasteiger partial charge in [-0.3, -0.25) is 9.48 Å². The predicted molar refractivity (Wildman–Crippen MR) is 77.3 cm³/mol. The van der Waals surface area contributed by atoms with Crippen molar-refractivity contribution in [3.63, 3.8) is 0 Å². The third-order valence-corrected chi connectivity index (χ3v) is 3.46. The Morgan fingerprint density at radius 2 is 2.16 bits per heavy atom. The van der Waals surface area contributed by atoms with E-state index < -0.39 is 0 Å². The number of halogens is 1. The van der Waals surface area contributed by atoms with E-state index in [1.807, 2.05) is 32.4 Å². The highest BCUT2D eigenvalue weighted by Crippen LogP contribution is 2.20. The predicted octanol–water partition coefficient (Wildman–Crippen LogP) is 1.87. The maximum Gasteiger partial charge on any atom is 0.236 e. The summed E-state index contributed by atoms with van der Waals surface area (Å²) >= 11 is 6.22. The number of carbonyl (C=O) groups excluding carboxylic acids is 1. The zero-order valence-electron chi connectivity index (χ0n) is 12.1. The van der Waals surface area contributed by atoms with Crippen LogP contribution < -0.4 is 10.6 Å². The van der Waals surface area contributed by atoms with Crippen molar-refractivity contribution in [2.75, 3.05) is 6.54 Å². The van der Waals surface area contributed by atoms with Crippen molar-refractivity contribution < 1.29 is 4.79 Å². The molecule has 1 rings (SSSR count). The molecule has 0 aromatic carbocycles. The van der Waals surface area contributed by atoms with Crippen molar-refractivity contribution >= 4 is 17.5 Å². The van der Waals surface area contributed by atoms with Gasteiger partial charge in [0.15, 0.2) is 0 Å². The molecule has 1 unspecified atom stereocenters. The second kappa shape index (κ2) is 7.50. The summed E-state index contributed by atoms with van der Waals surface area (Å²) < 4.78 is 1.86. The van der Waals surface area contributed by atoms with Gasteiger partial charge in [-0.05, 0) is 27.2 Å². The van der Waals surface area contributed by atoms with Crippen LogP contribution in [0.4, 0.5) is 0 Å². The van der Waals surface area contributed by atoms with Gasteiger partial charge in [0.25, 0.3) is 0 Å². The van der Waals surface area contributed by atoms with Gasteiger partial charge in [-0.2, -0.15) is 5.10 Å². The zero-order chi connectivity index (χ0) is 14.4. The van der Waals surface area contributed by atoms with E-state index in [2.05, 4.69) is 15.7 Å². The third-order valence-electron chi connectivity index (χ3n) is 2.97. The van der Waals surface area contributed by atoms with Gasteiger partial charge in [0, 0.05) is 19.6 Å².